The second kappa shape index (κ2) is 3.49. The molecule has 1 rings (SSSR count). The van der Waals surface area contributed by atoms with E-state index < -0.39 is 10.0 Å². The Balaban J connectivity index is 2.40. The molecule has 0 aliphatic heterocycles. The lowest BCUT2D eigenvalue weighted by Gasteiger charge is -2.16. The maximum atomic E-state index is 10.7. The first-order chi connectivity index (χ1) is 4.70. The average Bonchev–Trinajstić information content (AvgIpc) is 1.88. The quantitative estimate of drug-likeness (QED) is 0.572. The van der Waals surface area contributed by atoms with Crippen molar-refractivity contribution >= 4 is 26.5 Å². The number of hydrogen-bond donors (Lipinski definition) is 0. The fourth-order valence-corrected chi connectivity index (χ4v) is 2.24. The Morgan fingerprint density at radius 2 is 1.90 bits per heavy atom. The first kappa shape index (κ1) is 8.21. The van der Waals surface area contributed by atoms with Crippen molar-refractivity contribution in [2.75, 3.05) is 0 Å². The molecule has 0 saturated heterocycles. The molecule has 2 nitrogen and oxygen atoms in total. The summed E-state index contributed by atoms with van der Waals surface area (Å²) in [5.41, 5.74) is 0. The van der Waals surface area contributed by atoms with Gasteiger partial charge in [-0.1, -0.05) is 0 Å². The van der Waals surface area contributed by atoms with Gasteiger partial charge in [-0.15, -0.1) is 0 Å². The van der Waals surface area contributed by atoms with Crippen LogP contribution in [0.4, 0.5) is 0 Å². The SMILES string of the molecule is O=C1CCC(S(=O)Cl)CC1. The van der Waals surface area contributed by atoms with Crippen molar-refractivity contribution in [1.82, 2.24) is 0 Å². The number of carbonyl (C=O) groups excluding carboxylic acids is 1. The Morgan fingerprint density at radius 3 is 2.30 bits per heavy atom. The van der Waals surface area contributed by atoms with Crippen LogP contribution in [0.3, 0.4) is 0 Å². The molecular weight excluding hydrogens is 172 g/mol. The van der Waals surface area contributed by atoms with Crippen LogP contribution in [0.25, 0.3) is 0 Å². The highest BCUT2D eigenvalue weighted by Gasteiger charge is 2.22. The summed E-state index contributed by atoms with van der Waals surface area (Å²) in [6.45, 7) is 0. The molecule has 0 aromatic carbocycles. The third-order valence-corrected chi connectivity index (χ3v) is 3.50. The molecule has 1 aliphatic rings. The third-order valence-electron chi connectivity index (χ3n) is 1.75. The fraction of sp³-hybridized carbons (Fsp3) is 0.833. The minimum absolute atomic E-state index is 0.0550. The molecule has 0 heterocycles. The average molecular weight is 181 g/mol. The largest absolute Gasteiger partial charge is 0.300 e. The van der Waals surface area contributed by atoms with E-state index in [1.54, 1.807) is 0 Å². The lowest BCUT2D eigenvalue weighted by atomic mass is 9.99. The molecule has 58 valence electrons. The lowest BCUT2D eigenvalue weighted by molar-refractivity contribution is -0.120. The number of ketones is 1. The van der Waals surface area contributed by atoms with Gasteiger partial charge in [-0.2, -0.15) is 0 Å². The van der Waals surface area contributed by atoms with E-state index >= 15 is 0 Å². The van der Waals surface area contributed by atoms with Gasteiger partial charge in [-0.3, -0.25) is 4.79 Å². The Hall–Kier alpha value is 0.110. The number of Topliss-reactive ketones (excluding diaryl/α,β-unsaturated/α-hetero) is 1. The predicted octanol–water partition coefficient (Wildman–Crippen LogP) is 1.40. The van der Waals surface area contributed by atoms with Gasteiger partial charge < -0.3 is 0 Å². The van der Waals surface area contributed by atoms with E-state index in [4.69, 9.17) is 10.7 Å². The number of rotatable bonds is 1. The zero-order valence-corrected chi connectivity index (χ0v) is 7.08. The topological polar surface area (TPSA) is 34.1 Å². The molecule has 1 aliphatic carbocycles. The zero-order chi connectivity index (χ0) is 7.56. The van der Waals surface area contributed by atoms with Crippen LogP contribution >= 0.6 is 10.7 Å². The Morgan fingerprint density at radius 1 is 1.40 bits per heavy atom. The molecule has 0 aromatic rings. The van der Waals surface area contributed by atoms with Crippen molar-refractivity contribution in [3.63, 3.8) is 0 Å². The second-order valence-electron chi connectivity index (χ2n) is 2.49. The van der Waals surface area contributed by atoms with Gasteiger partial charge in [0.25, 0.3) is 0 Å². The van der Waals surface area contributed by atoms with E-state index in [2.05, 4.69) is 0 Å². The molecule has 0 radical (unpaired) electrons. The molecule has 1 fully saturated rings. The van der Waals surface area contributed by atoms with Gasteiger partial charge in [0.1, 0.15) is 15.8 Å². The van der Waals surface area contributed by atoms with Crippen LogP contribution in [0.5, 0.6) is 0 Å². The lowest BCUT2D eigenvalue weighted by Crippen LogP contribution is -2.20. The number of halogens is 1. The van der Waals surface area contributed by atoms with Gasteiger partial charge in [0.15, 0.2) is 0 Å². The molecule has 0 spiro atoms. The van der Waals surface area contributed by atoms with Gasteiger partial charge in [-0.05, 0) is 23.5 Å². The highest BCUT2D eigenvalue weighted by atomic mass is 35.7. The van der Waals surface area contributed by atoms with Crippen LogP contribution < -0.4 is 0 Å². The smallest absolute Gasteiger partial charge is 0.132 e. The van der Waals surface area contributed by atoms with Gasteiger partial charge in [0, 0.05) is 12.8 Å². The fourth-order valence-electron chi connectivity index (χ4n) is 1.10. The number of hydrogen-bond acceptors (Lipinski definition) is 2. The van der Waals surface area contributed by atoms with Crippen LogP contribution in [0.2, 0.25) is 0 Å². The molecular formula is C6H9ClO2S. The highest BCUT2D eigenvalue weighted by molar-refractivity contribution is 8.08. The van der Waals surface area contributed by atoms with E-state index in [1.165, 1.54) is 0 Å². The summed E-state index contributed by atoms with van der Waals surface area (Å²) >= 11 is 0. The van der Waals surface area contributed by atoms with Crippen molar-refractivity contribution in [1.29, 1.82) is 0 Å². The molecule has 0 N–H and O–H groups in total. The van der Waals surface area contributed by atoms with E-state index in [0.717, 1.165) is 0 Å². The summed E-state index contributed by atoms with van der Waals surface area (Å²) in [4.78, 5) is 10.7. The van der Waals surface area contributed by atoms with Crippen LogP contribution in [0, 0.1) is 0 Å². The van der Waals surface area contributed by atoms with Crippen molar-refractivity contribution < 1.29 is 9.00 Å². The molecule has 1 unspecified atom stereocenters. The maximum absolute atomic E-state index is 10.7. The minimum Gasteiger partial charge on any atom is -0.300 e. The van der Waals surface area contributed by atoms with Gasteiger partial charge in [-0.25, -0.2) is 4.21 Å². The third kappa shape index (κ3) is 2.06. The molecule has 4 heteroatoms. The van der Waals surface area contributed by atoms with Gasteiger partial charge >= 0.3 is 0 Å². The zero-order valence-electron chi connectivity index (χ0n) is 5.51. The van der Waals surface area contributed by atoms with E-state index in [1.807, 2.05) is 0 Å². The highest BCUT2D eigenvalue weighted by Crippen LogP contribution is 2.21. The van der Waals surface area contributed by atoms with Crippen LogP contribution in [-0.4, -0.2) is 15.2 Å². The van der Waals surface area contributed by atoms with E-state index in [9.17, 15) is 9.00 Å². The molecule has 1 saturated carbocycles. The van der Waals surface area contributed by atoms with Crippen LogP contribution in [0.15, 0.2) is 0 Å². The van der Waals surface area contributed by atoms with Crippen molar-refractivity contribution in [3.8, 4) is 0 Å². The first-order valence-corrected chi connectivity index (χ1v) is 5.32. The summed E-state index contributed by atoms with van der Waals surface area (Å²) < 4.78 is 10.7. The van der Waals surface area contributed by atoms with E-state index in [0.29, 0.717) is 25.7 Å². The van der Waals surface area contributed by atoms with Crippen LogP contribution in [0.1, 0.15) is 25.7 Å². The van der Waals surface area contributed by atoms with Gasteiger partial charge in [0.05, 0.1) is 5.25 Å². The normalized spacial score (nSPS) is 24.7. The monoisotopic (exact) mass is 180 g/mol. The minimum atomic E-state index is -1.25. The summed E-state index contributed by atoms with van der Waals surface area (Å²) in [7, 11) is 4.12. The molecule has 0 aromatic heterocycles. The molecule has 0 amide bonds. The first-order valence-electron chi connectivity index (χ1n) is 3.28. The molecule has 10 heavy (non-hydrogen) atoms. The summed E-state index contributed by atoms with van der Waals surface area (Å²) in [6, 6.07) is 0. The maximum Gasteiger partial charge on any atom is 0.132 e. The van der Waals surface area contributed by atoms with Crippen molar-refractivity contribution in [2.24, 2.45) is 0 Å². The molecule has 0 bridgehead atoms. The molecule has 1 atom stereocenters. The van der Waals surface area contributed by atoms with E-state index in [-0.39, 0.29) is 11.0 Å². The Bertz CT molecular complexity index is 159. The predicted molar refractivity (Wildman–Crippen MR) is 41.3 cm³/mol. The Kier molecular flexibility index (Phi) is 2.86. The van der Waals surface area contributed by atoms with Crippen molar-refractivity contribution in [2.45, 2.75) is 30.9 Å². The van der Waals surface area contributed by atoms with Crippen LogP contribution in [-0.2, 0) is 14.8 Å². The standard InChI is InChI=1S/C6H9ClO2S/c7-10(9)6-3-1-5(8)2-4-6/h6H,1-4H2. The second-order valence-corrected chi connectivity index (χ2v) is 4.56. The summed E-state index contributed by atoms with van der Waals surface area (Å²) in [6.07, 6.45) is 2.52. The Labute approximate surface area is 66.9 Å². The summed E-state index contributed by atoms with van der Waals surface area (Å²) in [5.74, 6) is 0.276. The number of carbonyl (C=O) groups is 1. The van der Waals surface area contributed by atoms with Crippen molar-refractivity contribution in [3.05, 3.63) is 0 Å². The summed E-state index contributed by atoms with van der Waals surface area (Å²) in [5, 5.41) is 0.0550. The van der Waals surface area contributed by atoms with Gasteiger partial charge in [0.2, 0.25) is 0 Å².